The van der Waals surface area contributed by atoms with Crippen LogP contribution in [0.2, 0.25) is 5.02 Å². The number of phenols is 1. The van der Waals surface area contributed by atoms with E-state index in [4.69, 9.17) is 16.7 Å². The van der Waals surface area contributed by atoms with E-state index in [1.807, 2.05) is 22.6 Å². The van der Waals surface area contributed by atoms with Crippen LogP contribution in [-0.4, -0.2) is 5.11 Å². The van der Waals surface area contributed by atoms with Crippen LogP contribution in [0, 0.1) is 9.39 Å². The normalized spacial score (nSPS) is 9.90. The molecule has 10 heavy (non-hydrogen) atoms. The van der Waals surface area contributed by atoms with Crippen molar-refractivity contribution in [1.82, 2.24) is 0 Å². The Kier molecular flexibility index (Phi) is 2.36. The van der Waals surface area contributed by atoms with E-state index >= 15 is 0 Å². The zero-order valence-corrected chi connectivity index (χ0v) is 7.65. The highest BCUT2D eigenvalue weighted by Gasteiger charge is 2.07. The van der Waals surface area contributed by atoms with Gasteiger partial charge in [-0.2, -0.15) is 0 Å². The predicted molar refractivity (Wildman–Crippen MR) is 45.8 cm³/mol. The minimum Gasteiger partial charge on any atom is -0.504 e. The summed E-state index contributed by atoms with van der Waals surface area (Å²) in [5.74, 6) is -1.14. The first-order chi connectivity index (χ1) is 4.63. The molecule has 0 saturated carbocycles. The summed E-state index contributed by atoms with van der Waals surface area (Å²) in [6.45, 7) is 0. The molecule has 0 unspecified atom stereocenters. The van der Waals surface area contributed by atoms with Gasteiger partial charge in [-0.15, -0.1) is 0 Å². The van der Waals surface area contributed by atoms with Crippen LogP contribution in [0.1, 0.15) is 0 Å². The summed E-state index contributed by atoms with van der Waals surface area (Å²) in [5, 5.41) is 8.86. The van der Waals surface area contributed by atoms with Gasteiger partial charge in [-0.25, -0.2) is 4.39 Å². The van der Waals surface area contributed by atoms with Crippen LogP contribution < -0.4 is 0 Å². The summed E-state index contributed by atoms with van der Waals surface area (Å²) >= 11 is 7.17. The van der Waals surface area contributed by atoms with Crippen LogP contribution in [0.3, 0.4) is 0 Å². The number of phenolic OH excluding ortho intramolecular Hbond substituents is 1. The van der Waals surface area contributed by atoms with Gasteiger partial charge >= 0.3 is 0 Å². The lowest BCUT2D eigenvalue weighted by atomic mass is 10.3. The first-order valence-electron chi connectivity index (χ1n) is 2.45. The number of aromatic hydroxyl groups is 1. The van der Waals surface area contributed by atoms with Gasteiger partial charge in [0.05, 0.1) is 8.59 Å². The molecule has 1 aromatic rings. The Bertz CT molecular complexity index is 237. The topological polar surface area (TPSA) is 20.2 Å². The standard InChI is InChI=1S/C6H3ClFIO/c7-3-1-2-4(9)6(10)5(3)8/h1-2,10H. The monoisotopic (exact) mass is 272 g/mol. The highest BCUT2D eigenvalue weighted by Crippen LogP contribution is 2.28. The number of hydrogen-bond acceptors (Lipinski definition) is 1. The van der Waals surface area contributed by atoms with Crippen molar-refractivity contribution in [2.24, 2.45) is 0 Å². The van der Waals surface area contributed by atoms with Crippen molar-refractivity contribution < 1.29 is 9.50 Å². The van der Waals surface area contributed by atoms with E-state index < -0.39 is 5.82 Å². The van der Waals surface area contributed by atoms with Crippen LogP contribution in [0.25, 0.3) is 0 Å². The Morgan fingerprint density at radius 1 is 1.50 bits per heavy atom. The number of benzene rings is 1. The maximum Gasteiger partial charge on any atom is 0.184 e. The summed E-state index contributed by atoms with van der Waals surface area (Å²) < 4.78 is 13.1. The molecule has 0 spiro atoms. The van der Waals surface area contributed by atoms with E-state index in [1.54, 1.807) is 6.07 Å². The highest BCUT2D eigenvalue weighted by molar-refractivity contribution is 14.1. The van der Waals surface area contributed by atoms with Crippen molar-refractivity contribution in [1.29, 1.82) is 0 Å². The molecular formula is C6H3ClFIO. The molecule has 1 rings (SSSR count). The molecule has 0 fully saturated rings. The number of halogens is 3. The largest absolute Gasteiger partial charge is 0.504 e. The number of rotatable bonds is 0. The Balaban J connectivity index is 3.34. The van der Waals surface area contributed by atoms with Crippen LogP contribution in [-0.2, 0) is 0 Å². The van der Waals surface area contributed by atoms with Gasteiger partial charge in [0.2, 0.25) is 0 Å². The molecule has 0 bridgehead atoms. The molecule has 0 aliphatic heterocycles. The summed E-state index contributed by atoms with van der Waals surface area (Å²) in [6, 6.07) is 2.94. The van der Waals surface area contributed by atoms with Crippen molar-refractivity contribution in [2.45, 2.75) is 0 Å². The first-order valence-corrected chi connectivity index (χ1v) is 3.91. The average Bonchev–Trinajstić information content (AvgIpc) is 1.93. The number of hydrogen-bond donors (Lipinski definition) is 1. The van der Waals surface area contributed by atoms with E-state index in [9.17, 15) is 4.39 Å². The molecule has 0 aromatic heterocycles. The fraction of sp³-hybridized carbons (Fsp3) is 0. The predicted octanol–water partition coefficient (Wildman–Crippen LogP) is 2.79. The fourth-order valence-corrected chi connectivity index (χ4v) is 1.09. The fourth-order valence-electron chi connectivity index (χ4n) is 0.516. The average molecular weight is 272 g/mol. The van der Waals surface area contributed by atoms with E-state index in [0.717, 1.165) is 0 Å². The zero-order chi connectivity index (χ0) is 7.72. The Morgan fingerprint density at radius 3 is 2.60 bits per heavy atom. The van der Waals surface area contributed by atoms with Gasteiger partial charge in [-0.3, -0.25) is 0 Å². The summed E-state index contributed by atoms with van der Waals surface area (Å²) in [7, 11) is 0. The molecule has 0 atom stereocenters. The molecule has 1 aromatic carbocycles. The second-order valence-corrected chi connectivity index (χ2v) is 3.26. The van der Waals surface area contributed by atoms with Crippen molar-refractivity contribution in [3.05, 3.63) is 26.5 Å². The van der Waals surface area contributed by atoms with Crippen LogP contribution >= 0.6 is 34.2 Å². The van der Waals surface area contributed by atoms with Gasteiger partial charge in [0.25, 0.3) is 0 Å². The molecular weight excluding hydrogens is 269 g/mol. The van der Waals surface area contributed by atoms with E-state index in [1.165, 1.54) is 6.07 Å². The molecule has 0 aliphatic rings. The van der Waals surface area contributed by atoms with Gasteiger partial charge in [-0.1, -0.05) is 11.6 Å². The van der Waals surface area contributed by atoms with Gasteiger partial charge in [0.1, 0.15) is 0 Å². The summed E-state index contributed by atoms with van der Waals surface area (Å²) in [5.41, 5.74) is 0. The third-order valence-electron chi connectivity index (χ3n) is 1.02. The minimum absolute atomic E-state index is 0.0575. The van der Waals surface area contributed by atoms with Gasteiger partial charge < -0.3 is 5.11 Å². The molecule has 1 N–H and O–H groups in total. The molecule has 0 aliphatic carbocycles. The molecule has 0 amide bonds. The molecule has 0 radical (unpaired) electrons. The third kappa shape index (κ3) is 1.34. The quantitative estimate of drug-likeness (QED) is 0.569. The van der Waals surface area contributed by atoms with Crippen LogP contribution in [0.5, 0.6) is 5.75 Å². The Morgan fingerprint density at radius 2 is 2.10 bits per heavy atom. The minimum atomic E-state index is -0.756. The maximum atomic E-state index is 12.6. The first kappa shape index (κ1) is 8.07. The van der Waals surface area contributed by atoms with Crippen molar-refractivity contribution in [3.8, 4) is 5.75 Å². The SMILES string of the molecule is Oc1c(I)ccc(Cl)c1F. The maximum absolute atomic E-state index is 12.6. The summed E-state index contributed by atoms with van der Waals surface area (Å²) in [6.07, 6.45) is 0. The Labute approximate surface area is 76.0 Å². The lowest BCUT2D eigenvalue weighted by Gasteiger charge is -1.98. The zero-order valence-electron chi connectivity index (χ0n) is 4.74. The van der Waals surface area contributed by atoms with E-state index in [2.05, 4.69) is 0 Å². The Hall–Kier alpha value is -0.0300. The lowest BCUT2D eigenvalue weighted by molar-refractivity contribution is 0.429. The molecule has 0 saturated heterocycles. The van der Waals surface area contributed by atoms with Gasteiger partial charge in [0.15, 0.2) is 11.6 Å². The van der Waals surface area contributed by atoms with Gasteiger partial charge in [0, 0.05) is 0 Å². The molecule has 54 valence electrons. The van der Waals surface area contributed by atoms with Crippen LogP contribution in [0.4, 0.5) is 4.39 Å². The van der Waals surface area contributed by atoms with Gasteiger partial charge in [-0.05, 0) is 34.7 Å². The van der Waals surface area contributed by atoms with Crippen molar-refractivity contribution in [3.63, 3.8) is 0 Å². The highest BCUT2D eigenvalue weighted by atomic mass is 127. The third-order valence-corrected chi connectivity index (χ3v) is 2.18. The molecule has 4 heteroatoms. The van der Waals surface area contributed by atoms with E-state index in [0.29, 0.717) is 3.57 Å². The second-order valence-electron chi connectivity index (χ2n) is 1.69. The van der Waals surface area contributed by atoms with E-state index in [-0.39, 0.29) is 10.8 Å². The van der Waals surface area contributed by atoms with Crippen LogP contribution in [0.15, 0.2) is 12.1 Å². The smallest absolute Gasteiger partial charge is 0.184 e. The van der Waals surface area contributed by atoms with Crippen molar-refractivity contribution >= 4 is 34.2 Å². The second kappa shape index (κ2) is 2.92. The lowest BCUT2D eigenvalue weighted by Crippen LogP contribution is -1.80. The van der Waals surface area contributed by atoms with Crippen molar-refractivity contribution in [2.75, 3.05) is 0 Å². The summed E-state index contributed by atoms with van der Waals surface area (Å²) in [4.78, 5) is 0. The molecule has 0 heterocycles. The molecule has 1 nitrogen and oxygen atoms in total.